The third-order valence-electron chi connectivity index (χ3n) is 16.0. The molecule has 0 aliphatic rings. The van der Waals surface area contributed by atoms with Crippen LogP contribution in [0.4, 0.5) is 0 Å². The highest BCUT2D eigenvalue weighted by atomic mass is 16.6. The van der Waals surface area contributed by atoms with E-state index in [4.69, 9.17) is 14.2 Å². The van der Waals surface area contributed by atoms with Crippen LogP contribution in [0.15, 0.2) is 12.2 Å². The number of hydrogen-bond donors (Lipinski definition) is 0. The molecule has 0 aromatic rings. The van der Waals surface area contributed by atoms with Gasteiger partial charge in [-0.25, -0.2) is 0 Å². The summed E-state index contributed by atoms with van der Waals surface area (Å²) in [5.41, 5.74) is 0. The molecule has 0 bridgehead atoms. The van der Waals surface area contributed by atoms with Crippen molar-refractivity contribution in [2.24, 2.45) is 0 Å². The summed E-state index contributed by atoms with van der Waals surface area (Å²) in [6.45, 7) is 6.71. The highest BCUT2D eigenvalue weighted by Crippen LogP contribution is 2.19. The Morgan fingerprint density at radius 3 is 0.658 bits per heavy atom. The molecule has 0 radical (unpaired) electrons. The molecule has 0 aliphatic carbocycles. The van der Waals surface area contributed by atoms with Crippen molar-refractivity contribution in [3.8, 4) is 0 Å². The quantitative estimate of drug-likeness (QED) is 0.0261. The molecule has 0 aromatic heterocycles. The number of esters is 3. The Hall–Kier alpha value is -1.85. The van der Waals surface area contributed by atoms with Gasteiger partial charge in [-0.05, 0) is 44.9 Å². The Morgan fingerprint density at radius 2 is 0.434 bits per heavy atom. The van der Waals surface area contributed by atoms with Gasteiger partial charge in [0.25, 0.3) is 0 Å². The van der Waals surface area contributed by atoms with Crippen LogP contribution in [0.5, 0.6) is 0 Å². The SMILES string of the molecule is CCCCCCC/C=C\CCCCCCCC(=O)OCC(COC(=O)CCCCCCCCCCCCCCCCCCCCCCCCCCCC)OC(=O)CCCCCCCCCCCCCCCCCCCC. The van der Waals surface area contributed by atoms with Crippen molar-refractivity contribution in [3.63, 3.8) is 0 Å². The standard InChI is InChI=1S/C70H134O6/c1-4-7-10-13-16-19-22-25-28-30-32-33-34-35-36-37-38-39-41-42-45-48-51-54-57-60-63-69(72)75-66-67(65-74-68(71)62-59-56-53-50-47-44-27-24-21-18-15-12-9-6-3)76-70(73)64-61-58-55-52-49-46-43-40-31-29-26-23-20-17-14-11-8-5-2/h24,27,67H,4-23,25-26,28-66H2,1-3H3/b27-24-. The summed E-state index contributed by atoms with van der Waals surface area (Å²) in [5, 5.41) is 0. The molecule has 76 heavy (non-hydrogen) atoms. The van der Waals surface area contributed by atoms with Gasteiger partial charge < -0.3 is 14.2 Å². The fourth-order valence-corrected chi connectivity index (χ4v) is 10.8. The zero-order valence-electron chi connectivity index (χ0n) is 51.8. The number of hydrogen-bond acceptors (Lipinski definition) is 6. The van der Waals surface area contributed by atoms with E-state index in [0.717, 1.165) is 64.2 Å². The molecule has 6 heteroatoms. The van der Waals surface area contributed by atoms with Crippen LogP contribution in [0.2, 0.25) is 0 Å². The summed E-state index contributed by atoms with van der Waals surface area (Å²) in [5.74, 6) is -0.841. The molecule has 0 aromatic carbocycles. The molecule has 0 spiro atoms. The molecule has 6 nitrogen and oxygen atoms in total. The van der Waals surface area contributed by atoms with Gasteiger partial charge in [0.2, 0.25) is 0 Å². The summed E-state index contributed by atoms with van der Waals surface area (Å²) in [6.07, 6.45) is 78.1. The van der Waals surface area contributed by atoms with E-state index in [0.29, 0.717) is 19.3 Å². The Labute approximate surface area is 475 Å². The lowest BCUT2D eigenvalue weighted by Gasteiger charge is -2.18. The molecule has 0 aliphatic heterocycles. The number of ether oxygens (including phenoxy) is 3. The number of allylic oxidation sites excluding steroid dienone is 2. The van der Waals surface area contributed by atoms with Crippen molar-refractivity contribution < 1.29 is 28.6 Å². The summed E-state index contributed by atoms with van der Waals surface area (Å²) < 4.78 is 17.0. The normalized spacial score (nSPS) is 12.0. The second-order valence-electron chi connectivity index (χ2n) is 23.8. The third-order valence-corrected chi connectivity index (χ3v) is 16.0. The largest absolute Gasteiger partial charge is 0.462 e. The maximum absolute atomic E-state index is 12.9. The first-order valence-corrected chi connectivity index (χ1v) is 34.7. The van der Waals surface area contributed by atoms with E-state index < -0.39 is 6.10 Å². The Kier molecular flexibility index (Phi) is 64.1. The number of rotatable bonds is 65. The second kappa shape index (κ2) is 65.7. The molecule has 1 unspecified atom stereocenters. The van der Waals surface area contributed by atoms with E-state index in [-0.39, 0.29) is 31.1 Å². The van der Waals surface area contributed by atoms with Crippen LogP contribution >= 0.6 is 0 Å². The second-order valence-corrected chi connectivity index (χ2v) is 23.8. The molecule has 0 heterocycles. The summed E-state index contributed by atoms with van der Waals surface area (Å²) in [4.78, 5) is 38.4. The van der Waals surface area contributed by atoms with Gasteiger partial charge in [0.1, 0.15) is 13.2 Å². The molecule has 0 rings (SSSR count). The summed E-state index contributed by atoms with van der Waals surface area (Å²) in [6, 6.07) is 0. The van der Waals surface area contributed by atoms with Gasteiger partial charge in [0, 0.05) is 19.3 Å². The lowest BCUT2D eigenvalue weighted by atomic mass is 10.0. The minimum absolute atomic E-state index is 0.0657. The minimum Gasteiger partial charge on any atom is -0.462 e. The first kappa shape index (κ1) is 74.2. The van der Waals surface area contributed by atoms with Crippen LogP contribution in [0, 0.1) is 0 Å². The zero-order chi connectivity index (χ0) is 55.0. The third kappa shape index (κ3) is 63.0. The maximum atomic E-state index is 12.9. The number of unbranched alkanes of at least 4 members (excludes halogenated alkanes) is 52. The Bertz CT molecular complexity index is 1180. The van der Waals surface area contributed by atoms with Crippen LogP contribution in [0.1, 0.15) is 400 Å². The predicted octanol–water partition coefficient (Wildman–Crippen LogP) is 23.6. The Morgan fingerprint density at radius 1 is 0.250 bits per heavy atom. The van der Waals surface area contributed by atoms with Gasteiger partial charge >= 0.3 is 17.9 Å². The van der Waals surface area contributed by atoms with E-state index in [1.807, 2.05) is 0 Å². The van der Waals surface area contributed by atoms with Crippen molar-refractivity contribution in [1.29, 1.82) is 0 Å². The molecule has 450 valence electrons. The van der Waals surface area contributed by atoms with Gasteiger partial charge in [0.15, 0.2) is 6.10 Å². The topological polar surface area (TPSA) is 78.9 Å². The highest BCUT2D eigenvalue weighted by Gasteiger charge is 2.19. The molecular weight excluding hydrogens is 937 g/mol. The number of carbonyl (C=O) groups excluding carboxylic acids is 3. The van der Waals surface area contributed by atoms with E-state index in [9.17, 15) is 14.4 Å². The first-order valence-electron chi connectivity index (χ1n) is 34.7. The van der Waals surface area contributed by atoms with Crippen molar-refractivity contribution in [3.05, 3.63) is 12.2 Å². The van der Waals surface area contributed by atoms with Crippen molar-refractivity contribution in [2.45, 2.75) is 406 Å². The summed E-state index contributed by atoms with van der Waals surface area (Å²) in [7, 11) is 0. The minimum atomic E-state index is -0.769. The Balaban J connectivity index is 4.20. The predicted molar refractivity (Wildman–Crippen MR) is 330 cm³/mol. The first-order chi connectivity index (χ1) is 37.5. The van der Waals surface area contributed by atoms with Crippen molar-refractivity contribution in [2.75, 3.05) is 13.2 Å². The maximum Gasteiger partial charge on any atom is 0.306 e. The fraction of sp³-hybridized carbons (Fsp3) is 0.929. The van der Waals surface area contributed by atoms with Crippen LogP contribution < -0.4 is 0 Å². The molecule has 1 atom stereocenters. The van der Waals surface area contributed by atoms with Crippen LogP contribution in [-0.4, -0.2) is 37.2 Å². The van der Waals surface area contributed by atoms with Crippen molar-refractivity contribution in [1.82, 2.24) is 0 Å². The van der Waals surface area contributed by atoms with E-state index in [1.54, 1.807) is 0 Å². The molecule has 0 fully saturated rings. The van der Waals surface area contributed by atoms with Gasteiger partial charge in [-0.2, -0.15) is 0 Å². The molecular formula is C70H134O6. The lowest BCUT2D eigenvalue weighted by molar-refractivity contribution is -0.167. The van der Waals surface area contributed by atoms with Gasteiger partial charge in [0.05, 0.1) is 0 Å². The summed E-state index contributed by atoms with van der Waals surface area (Å²) >= 11 is 0. The van der Waals surface area contributed by atoms with Gasteiger partial charge in [-0.1, -0.05) is 348 Å². The average molecular weight is 1070 g/mol. The van der Waals surface area contributed by atoms with E-state index in [2.05, 4.69) is 32.9 Å². The van der Waals surface area contributed by atoms with E-state index in [1.165, 1.54) is 295 Å². The average Bonchev–Trinajstić information content (AvgIpc) is 3.42. The molecule has 0 saturated carbocycles. The number of carbonyl (C=O) groups is 3. The van der Waals surface area contributed by atoms with Gasteiger partial charge in [-0.3, -0.25) is 14.4 Å². The smallest absolute Gasteiger partial charge is 0.306 e. The molecule has 0 saturated heterocycles. The van der Waals surface area contributed by atoms with Crippen molar-refractivity contribution >= 4 is 17.9 Å². The van der Waals surface area contributed by atoms with Gasteiger partial charge in [-0.15, -0.1) is 0 Å². The van der Waals surface area contributed by atoms with Crippen LogP contribution in [0.3, 0.4) is 0 Å². The zero-order valence-corrected chi connectivity index (χ0v) is 51.8. The highest BCUT2D eigenvalue weighted by molar-refractivity contribution is 5.71. The van der Waals surface area contributed by atoms with Crippen LogP contribution in [-0.2, 0) is 28.6 Å². The molecule has 0 amide bonds. The fourth-order valence-electron chi connectivity index (χ4n) is 10.8. The molecule has 0 N–H and O–H groups in total. The lowest BCUT2D eigenvalue weighted by Crippen LogP contribution is -2.30. The van der Waals surface area contributed by atoms with E-state index >= 15 is 0 Å². The monoisotopic (exact) mass is 1070 g/mol. The van der Waals surface area contributed by atoms with Crippen LogP contribution in [0.25, 0.3) is 0 Å².